The van der Waals surface area contributed by atoms with Gasteiger partial charge in [0.2, 0.25) is 5.91 Å². The standard InChI is InChI=1S/C17H19N3O4S/c1-10(21)12-4-6-13(7-5-12)18-16(23)11(2)25-17-19-14(9-24-3)8-15(22)20-17/h4-8,11H,9H2,1-3H3,(H,18,23)(H,19,20,22). The number of amides is 1. The van der Waals surface area contributed by atoms with Crippen molar-refractivity contribution in [3.63, 3.8) is 0 Å². The Hall–Kier alpha value is -2.45. The highest BCUT2D eigenvalue weighted by molar-refractivity contribution is 8.00. The number of ketones is 1. The van der Waals surface area contributed by atoms with Crippen LogP contribution in [0.25, 0.3) is 0 Å². The van der Waals surface area contributed by atoms with Crippen LogP contribution in [0.5, 0.6) is 0 Å². The molecule has 1 atom stereocenters. The van der Waals surface area contributed by atoms with Gasteiger partial charge in [0, 0.05) is 24.4 Å². The third-order valence-electron chi connectivity index (χ3n) is 3.28. The first-order valence-electron chi connectivity index (χ1n) is 7.56. The smallest absolute Gasteiger partial charge is 0.251 e. The summed E-state index contributed by atoms with van der Waals surface area (Å²) in [6.45, 7) is 3.42. The van der Waals surface area contributed by atoms with E-state index in [0.29, 0.717) is 22.1 Å². The van der Waals surface area contributed by atoms with Gasteiger partial charge in [-0.05, 0) is 38.1 Å². The number of aromatic nitrogens is 2. The highest BCUT2D eigenvalue weighted by Crippen LogP contribution is 2.20. The maximum atomic E-state index is 12.3. The predicted octanol–water partition coefficient (Wildman–Crippen LogP) is 2.24. The van der Waals surface area contributed by atoms with Crippen molar-refractivity contribution >= 4 is 29.1 Å². The van der Waals surface area contributed by atoms with Gasteiger partial charge in [-0.2, -0.15) is 0 Å². The first kappa shape index (κ1) is 18.9. The number of thioether (sulfide) groups is 1. The van der Waals surface area contributed by atoms with Crippen molar-refractivity contribution in [3.05, 3.63) is 51.9 Å². The van der Waals surface area contributed by atoms with Crippen molar-refractivity contribution in [1.82, 2.24) is 9.97 Å². The maximum Gasteiger partial charge on any atom is 0.251 e. The van der Waals surface area contributed by atoms with Crippen molar-refractivity contribution in [2.45, 2.75) is 30.9 Å². The van der Waals surface area contributed by atoms with Gasteiger partial charge >= 0.3 is 0 Å². The van der Waals surface area contributed by atoms with Crippen LogP contribution < -0.4 is 10.9 Å². The molecule has 0 aliphatic rings. The Morgan fingerprint density at radius 1 is 1.32 bits per heavy atom. The Bertz CT molecular complexity index is 817. The number of ether oxygens (including phenoxy) is 1. The summed E-state index contributed by atoms with van der Waals surface area (Å²) in [5.41, 5.74) is 1.38. The van der Waals surface area contributed by atoms with Crippen LogP contribution in [0.1, 0.15) is 29.9 Å². The van der Waals surface area contributed by atoms with E-state index in [2.05, 4.69) is 15.3 Å². The number of hydrogen-bond acceptors (Lipinski definition) is 6. The van der Waals surface area contributed by atoms with Gasteiger partial charge in [-0.15, -0.1) is 0 Å². The zero-order chi connectivity index (χ0) is 18.4. The summed E-state index contributed by atoms with van der Waals surface area (Å²) in [5.74, 6) is -0.270. The molecule has 2 rings (SSSR count). The average Bonchev–Trinajstić information content (AvgIpc) is 2.55. The lowest BCUT2D eigenvalue weighted by Gasteiger charge is -2.12. The molecule has 1 heterocycles. The van der Waals surface area contributed by atoms with Gasteiger partial charge in [-0.25, -0.2) is 4.98 Å². The number of benzene rings is 1. The van der Waals surface area contributed by atoms with E-state index in [1.54, 1.807) is 31.2 Å². The molecule has 0 radical (unpaired) electrons. The molecule has 0 spiro atoms. The molecule has 2 N–H and O–H groups in total. The van der Waals surface area contributed by atoms with E-state index in [9.17, 15) is 14.4 Å². The normalized spacial score (nSPS) is 11.8. The van der Waals surface area contributed by atoms with E-state index >= 15 is 0 Å². The number of hydrogen-bond donors (Lipinski definition) is 2. The van der Waals surface area contributed by atoms with Crippen LogP contribution >= 0.6 is 11.8 Å². The number of nitrogens with one attached hydrogen (secondary N) is 2. The highest BCUT2D eigenvalue weighted by Gasteiger charge is 2.16. The van der Waals surface area contributed by atoms with E-state index in [4.69, 9.17) is 4.74 Å². The van der Waals surface area contributed by atoms with Crippen LogP contribution in [0.3, 0.4) is 0 Å². The van der Waals surface area contributed by atoms with Gasteiger partial charge in [0.05, 0.1) is 17.6 Å². The Balaban J connectivity index is 2.02. The Kier molecular flexibility index (Phi) is 6.49. The number of nitrogens with zero attached hydrogens (tertiary/aromatic N) is 1. The highest BCUT2D eigenvalue weighted by atomic mass is 32.2. The molecule has 1 aromatic heterocycles. The first-order chi connectivity index (χ1) is 11.9. The summed E-state index contributed by atoms with van der Waals surface area (Å²) in [4.78, 5) is 42.0. The fraction of sp³-hybridized carbons (Fsp3) is 0.294. The molecule has 2 aromatic rings. The molecule has 1 aromatic carbocycles. The lowest BCUT2D eigenvalue weighted by atomic mass is 10.1. The largest absolute Gasteiger partial charge is 0.378 e. The molecular weight excluding hydrogens is 342 g/mol. The summed E-state index contributed by atoms with van der Waals surface area (Å²) in [7, 11) is 1.52. The second-order valence-corrected chi connectivity index (χ2v) is 6.69. The van der Waals surface area contributed by atoms with Crippen molar-refractivity contribution < 1.29 is 14.3 Å². The van der Waals surface area contributed by atoms with E-state index in [-0.39, 0.29) is 23.9 Å². The lowest BCUT2D eigenvalue weighted by Crippen LogP contribution is -2.23. The van der Waals surface area contributed by atoms with Crippen molar-refractivity contribution in [1.29, 1.82) is 0 Å². The SMILES string of the molecule is COCc1cc(=O)[nH]c(SC(C)C(=O)Nc2ccc(C(C)=O)cc2)n1. The Morgan fingerprint density at radius 3 is 2.60 bits per heavy atom. The number of aromatic amines is 1. The Labute approximate surface area is 149 Å². The second-order valence-electron chi connectivity index (χ2n) is 5.36. The molecule has 132 valence electrons. The summed E-state index contributed by atoms with van der Waals surface area (Å²) in [5, 5.41) is 2.64. The van der Waals surface area contributed by atoms with Crippen LogP contribution in [0.2, 0.25) is 0 Å². The minimum absolute atomic E-state index is 0.0345. The third-order valence-corrected chi connectivity index (χ3v) is 4.27. The van der Waals surface area contributed by atoms with E-state index < -0.39 is 5.25 Å². The van der Waals surface area contributed by atoms with Gasteiger partial charge < -0.3 is 15.0 Å². The van der Waals surface area contributed by atoms with Crippen LogP contribution in [0, 0.1) is 0 Å². The fourth-order valence-electron chi connectivity index (χ4n) is 2.01. The molecule has 1 unspecified atom stereocenters. The molecule has 7 nitrogen and oxygen atoms in total. The first-order valence-corrected chi connectivity index (χ1v) is 8.44. The van der Waals surface area contributed by atoms with Crippen LogP contribution in [-0.2, 0) is 16.1 Å². The second kappa shape index (κ2) is 8.59. The molecule has 25 heavy (non-hydrogen) atoms. The maximum absolute atomic E-state index is 12.3. The zero-order valence-electron chi connectivity index (χ0n) is 14.2. The fourth-order valence-corrected chi connectivity index (χ4v) is 2.84. The van der Waals surface area contributed by atoms with Gasteiger partial charge in [-0.1, -0.05) is 11.8 Å². The third kappa shape index (κ3) is 5.54. The zero-order valence-corrected chi connectivity index (χ0v) is 15.0. The number of H-pyrrole nitrogens is 1. The molecule has 0 saturated heterocycles. The molecule has 0 aliphatic heterocycles. The topological polar surface area (TPSA) is 101 Å². The molecular formula is C17H19N3O4S. The Morgan fingerprint density at radius 2 is 2.00 bits per heavy atom. The van der Waals surface area contributed by atoms with Crippen molar-refractivity contribution in [3.8, 4) is 0 Å². The number of carbonyl (C=O) groups excluding carboxylic acids is 2. The number of rotatable bonds is 7. The number of carbonyl (C=O) groups is 2. The molecule has 0 fully saturated rings. The average molecular weight is 361 g/mol. The summed E-state index contributed by atoms with van der Waals surface area (Å²) in [6.07, 6.45) is 0. The van der Waals surface area contributed by atoms with Gasteiger partial charge in [-0.3, -0.25) is 14.4 Å². The summed E-state index contributed by atoms with van der Waals surface area (Å²) < 4.78 is 4.97. The monoisotopic (exact) mass is 361 g/mol. The van der Waals surface area contributed by atoms with Crippen molar-refractivity contribution in [2.75, 3.05) is 12.4 Å². The van der Waals surface area contributed by atoms with Gasteiger partial charge in [0.1, 0.15) is 0 Å². The van der Waals surface area contributed by atoms with E-state index in [0.717, 1.165) is 11.8 Å². The molecule has 8 heteroatoms. The number of methoxy groups -OCH3 is 1. The van der Waals surface area contributed by atoms with E-state index in [1.807, 2.05) is 0 Å². The summed E-state index contributed by atoms with van der Waals surface area (Å²) >= 11 is 1.14. The van der Waals surface area contributed by atoms with Crippen LogP contribution in [0.15, 0.2) is 40.3 Å². The lowest BCUT2D eigenvalue weighted by molar-refractivity contribution is -0.115. The molecule has 0 aliphatic carbocycles. The van der Waals surface area contributed by atoms with Gasteiger partial charge in [0.15, 0.2) is 10.9 Å². The predicted molar refractivity (Wildman–Crippen MR) is 96.0 cm³/mol. The van der Waals surface area contributed by atoms with Crippen LogP contribution in [-0.4, -0.2) is 34.0 Å². The summed E-state index contributed by atoms with van der Waals surface area (Å²) in [6, 6.07) is 8.01. The number of anilines is 1. The van der Waals surface area contributed by atoms with Crippen LogP contribution in [0.4, 0.5) is 5.69 Å². The molecule has 0 saturated carbocycles. The quantitative estimate of drug-likeness (QED) is 0.446. The minimum atomic E-state index is -0.478. The molecule has 0 bridgehead atoms. The van der Waals surface area contributed by atoms with E-state index in [1.165, 1.54) is 20.1 Å². The molecule has 1 amide bonds. The van der Waals surface area contributed by atoms with Gasteiger partial charge in [0.25, 0.3) is 5.56 Å². The number of Topliss-reactive ketones (excluding diaryl/α,β-unsaturated/α-hetero) is 1. The minimum Gasteiger partial charge on any atom is -0.378 e. The van der Waals surface area contributed by atoms with Crippen molar-refractivity contribution in [2.24, 2.45) is 0 Å².